The molecule has 4 aromatic carbocycles. The van der Waals surface area contributed by atoms with Gasteiger partial charge in [0.15, 0.2) is 23.0 Å². The van der Waals surface area contributed by atoms with Crippen LogP contribution in [-0.2, 0) is 17.6 Å². The van der Waals surface area contributed by atoms with E-state index in [4.69, 9.17) is 9.47 Å². The lowest BCUT2D eigenvalue weighted by Gasteiger charge is -2.42. The van der Waals surface area contributed by atoms with Crippen LogP contribution in [-0.4, -0.2) is 58.2 Å². The summed E-state index contributed by atoms with van der Waals surface area (Å²) in [7, 11) is 2.92. The minimum Gasteiger partial charge on any atom is -0.508 e. The Hall–Kier alpha value is -5.35. The van der Waals surface area contributed by atoms with Crippen LogP contribution in [0.25, 0.3) is 10.8 Å². The third-order valence-corrected chi connectivity index (χ3v) is 11.6. The average molecular weight is 721 g/mol. The Morgan fingerprint density at radius 2 is 1.70 bits per heavy atom. The van der Waals surface area contributed by atoms with Crippen molar-refractivity contribution >= 4 is 22.2 Å². The first-order chi connectivity index (χ1) is 25.6. The van der Waals surface area contributed by atoms with Crippen LogP contribution in [0.3, 0.4) is 0 Å². The number of allylic oxidation sites excluding steroid dienone is 2. The molecule has 1 fully saturated rings. The van der Waals surface area contributed by atoms with Crippen LogP contribution >= 0.6 is 0 Å². The van der Waals surface area contributed by atoms with Gasteiger partial charge in [-0.05, 0) is 126 Å². The van der Waals surface area contributed by atoms with Gasteiger partial charge in [-0.3, -0.25) is 4.79 Å². The number of benzene rings is 4. The highest BCUT2D eigenvalue weighted by atomic mass is 16.5. The third-order valence-electron chi connectivity index (χ3n) is 11.6. The van der Waals surface area contributed by atoms with E-state index < -0.39 is 23.4 Å². The highest BCUT2D eigenvalue weighted by Gasteiger charge is 2.50. The van der Waals surface area contributed by atoms with Crippen molar-refractivity contribution in [3.63, 3.8) is 0 Å². The number of Topliss-reactive ketones (excluding diaryl/α,β-unsaturated/α-hetero) is 1. The first kappa shape index (κ1) is 36.0. The lowest BCUT2D eigenvalue weighted by atomic mass is 9.62. The van der Waals surface area contributed by atoms with Gasteiger partial charge in [-0.1, -0.05) is 37.1 Å². The van der Waals surface area contributed by atoms with Gasteiger partial charge in [0.05, 0.1) is 26.2 Å². The predicted molar refractivity (Wildman–Crippen MR) is 204 cm³/mol. The number of hydrogen-bond acceptors (Lipinski definition) is 10. The minimum atomic E-state index is -0.969. The van der Waals surface area contributed by atoms with Crippen molar-refractivity contribution in [3.05, 3.63) is 101 Å². The maximum atomic E-state index is 15.2. The Bertz CT molecular complexity index is 2080. The number of dihydropyridines is 1. The fourth-order valence-electron chi connectivity index (χ4n) is 8.99. The second kappa shape index (κ2) is 14.9. The number of ether oxygens (including phenoxy) is 2. The number of nitrogens with one attached hydrogen (secondary N) is 2. The zero-order chi connectivity index (χ0) is 37.3. The number of carbonyl (C=O) groups is 1. The molecule has 1 spiro atoms. The van der Waals surface area contributed by atoms with Crippen molar-refractivity contribution in [2.24, 2.45) is 11.3 Å². The van der Waals surface area contributed by atoms with E-state index in [2.05, 4.69) is 22.8 Å². The van der Waals surface area contributed by atoms with E-state index in [9.17, 15) is 25.5 Å². The van der Waals surface area contributed by atoms with Gasteiger partial charge in [0.2, 0.25) is 5.75 Å². The molecule has 1 saturated carbocycles. The highest BCUT2D eigenvalue weighted by Crippen LogP contribution is 2.54. The van der Waals surface area contributed by atoms with E-state index >= 15 is 4.79 Å². The van der Waals surface area contributed by atoms with Gasteiger partial charge < -0.3 is 45.6 Å². The topological polar surface area (TPSA) is 161 Å². The van der Waals surface area contributed by atoms with Crippen LogP contribution in [0.5, 0.6) is 34.5 Å². The van der Waals surface area contributed by atoms with Gasteiger partial charge in [-0.25, -0.2) is 0 Å². The fraction of sp³-hybridized carbons (Fsp3) is 0.372. The number of phenolic OH excluding ortho intramolecular Hbond substituents is 4. The lowest BCUT2D eigenvalue weighted by Crippen LogP contribution is -2.44. The molecule has 10 heteroatoms. The van der Waals surface area contributed by atoms with Crippen molar-refractivity contribution in [3.8, 4) is 34.5 Å². The zero-order valence-corrected chi connectivity index (χ0v) is 30.2. The molecule has 0 aromatic heterocycles. The van der Waals surface area contributed by atoms with E-state index in [0.717, 1.165) is 64.7 Å². The van der Waals surface area contributed by atoms with Gasteiger partial charge in [-0.15, -0.1) is 0 Å². The number of anilines is 1. The molecule has 278 valence electrons. The van der Waals surface area contributed by atoms with Gasteiger partial charge in [0.1, 0.15) is 17.4 Å². The molecule has 7 rings (SSSR count). The largest absolute Gasteiger partial charge is 0.508 e. The van der Waals surface area contributed by atoms with Crippen molar-refractivity contribution in [1.29, 1.82) is 0 Å². The number of methoxy groups -OCH3 is 2. The Morgan fingerprint density at radius 3 is 2.47 bits per heavy atom. The maximum absolute atomic E-state index is 15.2. The van der Waals surface area contributed by atoms with Crippen LogP contribution in [0.1, 0.15) is 67.6 Å². The number of phenols is 4. The monoisotopic (exact) mass is 720 g/mol. The number of aliphatic hydroxyl groups excluding tert-OH is 1. The summed E-state index contributed by atoms with van der Waals surface area (Å²) in [5.74, 6) is -0.369. The SMILES string of the molecule is COc1cc(CCC(O)C2C(=O)CC(c3cc(O)c(O)c(OC)c3)CCc3c(ccc4cc(O)ccc34)NC3=CC(=CCN3)C23CCCC3)ccc1O. The molecular formula is C43H48N2O8. The summed E-state index contributed by atoms with van der Waals surface area (Å²) in [5, 5.41) is 63.0. The molecule has 4 aromatic rings. The Labute approximate surface area is 309 Å². The molecule has 2 aliphatic heterocycles. The van der Waals surface area contributed by atoms with Crippen LogP contribution in [0, 0.1) is 11.3 Å². The normalized spacial score (nSPS) is 20.5. The molecule has 3 atom stereocenters. The molecule has 1 aliphatic carbocycles. The second-order valence-electron chi connectivity index (χ2n) is 14.7. The summed E-state index contributed by atoms with van der Waals surface area (Å²) in [6.07, 6.45) is 8.62. The number of aliphatic hydroxyl groups is 1. The second-order valence-corrected chi connectivity index (χ2v) is 14.7. The molecule has 10 nitrogen and oxygen atoms in total. The summed E-state index contributed by atoms with van der Waals surface area (Å²) in [5.41, 5.74) is 3.89. The fourth-order valence-corrected chi connectivity index (χ4v) is 8.99. The van der Waals surface area contributed by atoms with E-state index in [1.54, 1.807) is 30.3 Å². The maximum Gasteiger partial charge on any atom is 0.200 e. The molecule has 2 bridgehead atoms. The number of aryl methyl sites for hydroxylation is 2. The summed E-state index contributed by atoms with van der Waals surface area (Å²) in [6, 6.07) is 17.7. The molecule has 0 amide bonds. The molecule has 3 aliphatic rings. The van der Waals surface area contributed by atoms with Gasteiger partial charge in [-0.2, -0.15) is 0 Å². The first-order valence-electron chi connectivity index (χ1n) is 18.4. The number of aromatic hydroxyl groups is 4. The van der Waals surface area contributed by atoms with Crippen LogP contribution < -0.4 is 20.1 Å². The summed E-state index contributed by atoms with van der Waals surface area (Å²) >= 11 is 0. The lowest BCUT2D eigenvalue weighted by molar-refractivity contribution is -0.132. The number of ketones is 1. The van der Waals surface area contributed by atoms with Crippen molar-refractivity contribution < 1.29 is 39.8 Å². The molecule has 7 N–H and O–H groups in total. The molecule has 0 saturated heterocycles. The average Bonchev–Trinajstić information content (AvgIpc) is 3.65. The third kappa shape index (κ3) is 7.08. The van der Waals surface area contributed by atoms with Gasteiger partial charge in [0.25, 0.3) is 0 Å². The van der Waals surface area contributed by atoms with Crippen LogP contribution in [0.15, 0.2) is 84.2 Å². The summed E-state index contributed by atoms with van der Waals surface area (Å²) in [6.45, 7) is 0.562. The molecule has 2 heterocycles. The van der Waals surface area contributed by atoms with E-state index in [-0.39, 0.29) is 41.0 Å². The van der Waals surface area contributed by atoms with Crippen molar-refractivity contribution in [2.75, 3.05) is 26.1 Å². The minimum absolute atomic E-state index is 0.0393. The van der Waals surface area contributed by atoms with Crippen LogP contribution in [0.4, 0.5) is 5.69 Å². The Balaban J connectivity index is 1.34. The highest BCUT2D eigenvalue weighted by molar-refractivity contribution is 5.91. The number of carbonyl (C=O) groups excluding carboxylic acids is 1. The number of hydrogen-bond donors (Lipinski definition) is 7. The van der Waals surface area contributed by atoms with E-state index in [1.807, 2.05) is 24.3 Å². The predicted octanol–water partition coefficient (Wildman–Crippen LogP) is 7.32. The molecule has 53 heavy (non-hydrogen) atoms. The number of rotatable bonds is 7. The summed E-state index contributed by atoms with van der Waals surface area (Å²) in [4.78, 5) is 15.2. The quantitative estimate of drug-likeness (QED) is 0.0964. The summed E-state index contributed by atoms with van der Waals surface area (Å²) < 4.78 is 10.8. The van der Waals surface area contributed by atoms with E-state index in [1.165, 1.54) is 20.3 Å². The van der Waals surface area contributed by atoms with E-state index in [0.29, 0.717) is 43.5 Å². The zero-order valence-electron chi connectivity index (χ0n) is 30.2. The van der Waals surface area contributed by atoms with Gasteiger partial charge in [0, 0.05) is 24.1 Å². The first-order valence-corrected chi connectivity index (χ1v) is 18.4. The molecular weight excluding hydrogens is 672 g/mol. The van der Waals surface area contributed by atoms with Crippen molar-refractivity contribution in [1.82, 2.24) is 5.32 Å². The van der Waals surface area contributed by atoms with Gasteiger partial charge >= 0.3 is 0 Å². The Kier molecular flexibility index (Phi) is 10.2. The number of fused-ring (bicyclic) bond motifs is 5. The van der Waals surface area contributed by atoms with Crippen molar-refractivity contribution in [2.45, 2.75) is 69.8 Å². The molecule has 3 unspecified atom stereocenters. The molecule has 0 radical (unpaired) electrons. The van der Waals surface area contributed by atoms with Crippen LogP contribution in [0.2, 0.25) is 0 Å². The Morgan fingerprint density at radius 1 is 0.906 bits per heavy atom. The standard InChI is InChI=1S/C43H48N2O8/c1-52-38-19-25(5-13-34(38)47)6-14-35(48)41-36(49)21-26(28-22-37(50)42(51)39(23-28)53-2)7-10-32-31-11-9-30(46)20-27(31)8-12-33(32)45-40-24-29(15-18-44-40)43(41)16-3-4-17-43/h5,8-9,11-13,15,19-20,22-24,26,35,41,44-48,50-51H,3-4,6-7,10,14,16-18,21H2,1-2H3. The smallest absolute Gasteiger partial charge is 0.200 e.